The molecule has 4 nitrogen and oxygen atoms in total. The molecule has 0 bridgehead atoms. The standard InChI is InChI=1S/C11H24O4/c1-10(12)8-14-6-4-3-5-7-15-9-11(2)13/h10-13H,3-9H2,1-2H3. The normalized spacial score (nSPS) is 15.2. The van der Waals surface area contributed by atoms with Crippen LogP contribution in [0.4, 0.5) is 0 Å². The smallest absolute Gasteiger partial charge is 0.0745 e. The fourth-order valence-corrected chi connectivity index (χ4v) is 1.09. The van der Waals surface area contributed by atoms with Gasteiger partial charge in [0.2, 0.25) is 0 Å². The molecule has 2 atom stereocenters. The molecule has 0 aliphatic carbocycles. The molecule has 0 heterocycles. The van der Waals surface area contributed by atoms with Crippen molar-refractivity contribution in [3.63, 3.8) is 0 Å². The highest BCUT2D eigenvalue weighted by Crippen LogP contribution is 1.97. The maximum Gasteiger partial charge on any atom is 0.0745 e. The van der Waals surface area contributed by atoms with Crippen LogP contribution in [0.5, 0.6) is 0 Å². The summed E-state index contributed by atoms with van der Waals surface area (Å²) >= 11 is 0. The van der Waals surface area contributed by atoms with Gasteiger partial charge in [0.15, 0.2) is 0 Å². The molecule has 2 N–H and O–H groups in total. The second-order valence-electron chi connectivity index (χ2n) is 3.91. The highest BCUT2D eigenvalue weighted by molar-refractivity contribution is 4.45. The lowest BCUT2D eigenvalue weighted by molar-refractivity contribution is 0.0367. The van der Waals surface area contributed by atoms with Crippen LogP contribution in [0.15, 0.2) is 0 Å². The van der Waals surface area contributed by atoms with Gasteiger partial charge in [0.1, 0.15) is 0 Å². The number of aliphatic hydroxyl groups is 2. The zero-order valence-corrected chi connectivity index (χ0v) is 9.82. The van der Waals surface area contributed by atoms with Gasteiger partial charge < -0.3 is 19.7 Å². The lowest BCUT2D eigenvalue weighted by Crippen LogP contribution is -2.12. The largest absolute Gasteiger partial charge is 0.391 e. The van der Waals surface area contributed by atoms with Gasteiger partial charge in [-0.25, -0.2) is 0 Å². The molecule has 15 heavy (non-hydrogen) atoms. The number of rotatable bonds is 10. The Morgan fingerprint density at radius 2 is 1.20 bits per heavy atom. The Bertz CT molecular complexity index is 112. The average Bonchev–Trinajstić information content (AvgIpc) is 2.14. The van der Waals surface area contributed by atoms with E-state index in [0.717, 1.165) is 19.3 Å². The predicted octanol–water partition coefficient (Wildman–Crippen LogP) is 0.951. The summed E-state index contributed by atoms with van der Waals surface area (Å²) in [6.45, 7) is 5.65. The van der Waals surface area contributed by atoms with E-state index in [4.69, 9.17) is 19.7 Å². The average molecular weight is 220 g/mol. The molecule has 92 valence electrons. The molecule has 0 saturated carbocycles. The van der Waals surface area contributed by atoms with E-state index < -0.39 is 0 Å². The van der Waals surface area contributed by atoms with Gasteiger partial charge in [-0.3, -0.25) is 0 Å². The zero-order valence-electron chi connectivity index (χ0n) is 9.82. The van der Waals surface area contributed by atoms with Crippen molar-refractivity contribution in [2.24, 2.45) is 0 Å². The minimum absolute atomic E-state index is 0.376. The summed E-state index contributed by atoms with van der Waals surface area (Å²) < 4.78 is 10.4. The maximum atomic E-state index is 8.91. The van der Waals surface area contributed by atoms with Gasteiger partial charge in [0, 0.05) is 13.2 Å². The van der Waals surface area contributed by atoms with Crippen LogP contribution in [0.25, 0.3) is 0 Å². The van der Waals surface area contributed by atoms with Gasteiger partial charge >= 0.3 is 0 Å². The molecule has 0 aromatic rings. The van der Waals surface area contributed by atoms with Gasteiger partial charge in [0.25, 0.3) is 0 Å². The summed E-state index contributed by atoms with van der Waals surface area (Å²) in [5.74, 6) is 0. The molecule has 2 unspecified atom stereocenters. The van der Waals surface area contributed by atoms with Crippen molar-refractivity contribution in [1.29, 1.82) is 0 Å². The SMILES string of the molecule is CC(O)COCCCCCOCC(C)O. The van der Waals surface area contributed by atoms with Crippen molar-refractivity contribution in [2.45, 2.75) is 45.3 Å². The fourth-order valence-electron chi connectivity index (χ4n) is 1.09. The van der Waals surface area contributed by atoms with Crippen molar-refractivity contribution in [3.05, 3.63) is 0 Å². The van der Waals surface area contributed by atoms with Crippen LogP contribution in [-0.4, -0.2) is 48.8 Å². The molecule has 0 radical (unpaired) electrons. The van der Waals surface area contributed by atoms with Crippen LogP contribution in [0.3, 0.4) is 0 Å². The number of hydrogen-bond donors (Lipinski definition) is 2. The summed E-state index contributed by atoms with van der Waals surface area (Å²) in [5.41, 5.74) is 0. The second kappa shape index (κ2) is 10.4. The van der Waals surface area contributed by atoms with Gasteiger partial charge in [-0.1, -0.05) is 0 Å². The van der Waals surface area contributed by atoms with Gasteiger partial charge in [-0.15, -0.1) is 0 Å². The Morgan fingerprint density at radius 1 is 0.800 bits per heavy atom. The van der Waals surface area contributed by atoms with E-state index in [0.29, 0.717) is 26.4 Å². The molecule has 0 amide bonds. The Balaban J connectivity index is 2.93. The minimum atomic E-state index is -0.376. The topological polar surface area (TPSA) is 58.9 Å². The molecule has 0 aliphatic rings. The number of unbranched alkanes of at least 4 members (excludes halogenated alkanes) is 2. The molecule has 0 aromatic carbocycles. The Hall–Kier alpha value is -0.160. The van der Waals surface area contributed by atoms with Crippen LogP contribution < -0.4 is 0 Å². The molecule has 0 fully saturated rings. The van der Waals surface area contributed by atoms with Crippen molar-refractivity contribution >= 4 is 0 Å². The number of hydrogen-bond acceptors (Lipinski definition) is 4. The quantitative estimate of drug-likeness (QED) is 0.538. The zero-order chi connectivity index (χ0) is 11.5. The second-order valence-corrected chi connectivity index (χ2v) is 3.91. The van der Waals surface area contributed by atoms with E-state index in [9.17, 15) is 0 Å². The summed E-state index contributed by atoms with van der Waals surface area (Å²) in [5, 5.41) is 17.8. The Labute approximate surface area is 92.2 Å². The molecule has 4 heteroatoms. The lowest BCUT2D eigenvalue weighted by atomic mass is 10.2. The molecule has 0 aromatic heterocycles. The molecule has 0 aliphatic heterocycles. The summed E-state index contributed by atoms with van der Waals surface area (Å²) in [4.78, 5) is 0. The number of aliphatic hydroxyl groups excluding tert-OH is 2. The van der Waals surface area contributed by atoms with Crippen LogP contribution >= 0.6 is 0 Å². The first-order chi connectivity index (χ1) is 7.13. The highest BCUT2D eigenvalue weighted by Gasteiger charge is 1.96. The third-order valence-electron chi connectivity index (χ3n) is 1.80. The van der Waals surface area contributed by atoms with Gasteiger partial charge in [-0.2, -0.15) is 0 Å². The molecule has 0 rings (SSSR count). The first-order valence-corrected chi connectivity index (χ1v) is 5.64. The van der Waals surface area contributed by atoms with Gasteiger partial charge in [0.05, 0.1) is 25.4 Å². The van der Waals surface area contributed by atoms with Crippen LogP contribution in [0.2, 0.25) is 0 Å². The van der Waals surface area contributed by atoms with E-state index in [1.807, 2.05) is 0 Å². The predicted molar refractivity (Wildman–Crippen MR) is 58.9 cm³/mol. The van der Waals surface area contributed by atoms with Crippen LogP contribution in [0.1, 0.15) is 33.1 Å². The first-order valence-electron chi connectivity index (χ1n) is 5.64. The van der Waals surface area contributed by atoms with Gasteiger partial charge in [-0.05, 0) is 33.1 Å². The number of ether oxygens (including phenoxy) is 2. The first kappa shape index (κ1) is 14.8. The summed E-state index contributed by atoms with van der Waals surface area (Å²) in [7, 11) is 0. The fraction of sp³-hybridized carbons (Fsp3) is 1.00. The molecular formula is C11H24O4. The Kier molecular flexibility index (Phi) is 10.3. The third kappa shape index (κ3) is 13.8. The van der Waals surface area contributed by atoms with E-state index in [2.05, 4.69) is 0 Å². The van der Waals surface area contributed by atoms with Crippen molar-refractivity contribution in [3.8, 4) is 0 Å². The van der Waals surface area contributed by atoms with Crippen molar-refractivity contribution < 1.29 is 19.7 Å². The highest BCUT2D eigenvalue weighted by atomic mass is 16.5. The van der Waals surface area contributed by atoms with Crippen LogP contribution in [-0.2, 0) is 9.47 Å². The van der Waals surface area contributed by atoms with E-state index in [-0.39, 0.29) is 12.2 Å². The third-order valence-corrected chi connectivity index (χ3v) is 1.80. The molecule has 0 saturated heterocycles. The van der Waals surface area contributed by atoms with E-state index >= 15 is 0 Å². The summed E-state index contributed by atoms with van der Waals surface area (Å²) in [6, 6.07) is 0. The van der Waals surface area contributed by atoms with Crippen molar-refractivity contribution in [1.82, 2.24) is 0 Å². The van der Waals surface area contributed by atoms with Crippen LogP contribution in [0, 0.1) is 0 Å². The monoisotopic (exact) mass is 220 g/mol. The molecule has 0 spiro atoms. The summed E-state index contributed by atoms with van der Waals surface area (Å²) in [6.07, 6.45) is 2.29. The molecular weight excluding hydrogens is 196 g/mol. The minimum Gasteiger partial charge on any atom is -0.391 e. The van der Waals surface area contributed by atoms with E-state index in [1.165, 1.54) is 0 Å². The van der Waals surface area contributed by atoms with Crippen molar-refractivity contribution in [2.75, 3.05) is 26.4 Å². The lowest BCUT2D eigenvalue weighted by Gasteiger charge is -2.07. The maximum absolute atomic E-state index is 8.91. The Morgan fingerprint density at radius 3 is 1.53 bits per heavy atom. The van der Waals surface area contributed by atoms with E-state index in [1.54, 1.807) is 13.8 Å².